The number of rotatable bonds is 6. The molecule has 1 aliphatic heterocycles. The van der Waals surface area contributed by atoms with Gasteiger partial charge in [-0.15, -0.1) is 0 Å². The quantitative estimate of drug-likeness (QED) is 0.731. The number of hydrogen-bond acceptors (Lipinski definition) is 4. The van der Waals surface area contributed by atoms with Crippen LogP contribution in [0, 0.1) is 11.7 Å². The molecule has 0 bridgehead atoms. The fraction of sp³-hybridized carbons (Fsp3) is 0.400. The zero-order chi connectivity index (χ0) is 20.9. The zero-order valence-electron chi connectivity index (χ0n) is 15.6. The van der Waals surface area contributed by atoms with Crippen LogP contribution in [0.4, 0.5) is 23.2 Å². The van der Waals surface area contributed by atoms with Crippen LogP contribution in [0.3, 0.4) is 0 Å². The molecule has 1 saturated heterocycles. The maximum atomic E-state index is 13.6. The lowest BCUT2D eigenvalue weighted by atomic mass is 9.98. The van der Waals surface area contributed by atoms with Gasteiger partial charge >= 0.3 is 6.18 Å². The number of anilines is 1. The maximum Gasteiger partial charge on any atom is 0.433 e. The first-order valence-corrected chi connectivity index (χ1v) is 9.24. The van der Waals surface area contributed by atoms with E-state index >= 15 is 0 Å². The standard InChI is InChI=1S/C20H21F4N3O2/c21-16-3-1-2-4-17(16)26-19(28)12-27-9-6-14(7-10-27)13-29-15-5-8-25-18(11-15)20(22,23)24/h1-5,8,11,14H,6-7,9-10,12-13H2,(H,26,28). The third-order valence-electron chi connectivity index (χ3n) is 4.73. The fourth-order valence-corrected chi connectivity index (χ4v) is 3.14. The Labute approximate surface area is 165 Å². The number of halogens is 4. The number of hydrogen-bond donors (Lipinski definition) is 1. The van der Waals surface area contributed by atoms with Crippen molar-refractivity contribution in [3.05, 3.63) is 54.1 Å². The van der Waals surface area contributed by atoms with Crippen molar-refractivity contribution in [2.75, 3.05) is 31.6 Å². The summed E-state index contributed by atoms with van der Waals surface area (Å²) in [5.74, 6) is -0.454. The van der Waals surface area contributed by atoms with Gasteiger partial charge < -0.3 is 10.1 Å². The fourth-order valence-electron chi connectivity index (χ4n) is 3.14. The van der Waals surface area contributed by atoms with E-state index in [1.165, 1.54) is 18.2 Å². The number of likely N-dealkylation sites (tertiary alicyclic amines) is 1. The van der Waals surface area contributed by atoms with Crippen molar-refractivity contribution in [3.8, 4) is 5.75 Å². The van der Waals surface area contributed by atoms with E-state index in [0.29, 0.717) is 19.7 Å². The van der Waals surface area contributed by atoms with Gasteiger partial charge in [0.15, 0.2) is 0 Å². The summed E-state index contributed by atoms with van der Waals surface area (Å²) in [6.45, 7) is 1.77. The summed E-state index contributed by atoms with van der Waals surface area (Å²) in [6.07, 6.45) is -1.92. The van der Waals surface area contributed by atoms with Crippen LogP contribution in [0.1, 0.15) is 18.5 Å². The Morgan fingerprint density at radius 1 is 1.21 bits per heavy atom. The van der Waals surface area contributed by atoms with Gasteiger partial charge in [0.1, 0.15) is 17.3 Å². The van der Waals surface area contributed by atoms with Gasteiger partial charge in [0.2, 0.25) is 5.91 Å². The Morgan fingerprint density at radius 2 is 1.93 bits per heavy atom. The van der Waals surface area contributed by atoms with Crippen molar-refractivity contribution in [1.82, 2.24) is 9.88 Å². The lowest BCUT2D eigenvalue weighted by Crippen LogP contribution is -2.40. The van der Waals surface area contributed by atoms with E-state index in [1.807, 2.05) is 4.90 Å². The first-order valence-electron chi connectivity index (χ1n) is 9.24. The second-order valence-corrected chi connectivity index (χ2v) is 6.93. The Kier molecular flexibility index (Phi) is 6.68. The second-order valence-electron chi connectivity index (χ2n) is 6.93. The normalized spacial score (nSPS) is 15.9. The number of pyridine rings is 1. The van der Waals surface area contributed by atoms with E-state index in [-0.39, 0.29) is 29.8 Å². The summed E-state index contributed by atoms with van der Waals surface area (Å²) >= 11 is 0. The molecule has 1 aliphatic rings. The van der Waals surface area contributed by atoms with E-state index in [1.54, 1.807) is 12.1 Å². The minimum Gasteiger partial charge on any atom is -0.493 e. The van der Waals surface area contributed by atoms with Gasteiger partial charge in [0.25, 0.3) is 0 Å². The minimum atomic E-state index is -4.51. The monoisotopic (exact) mass is 411 g/mol. The smallest absolute Gasteiger partial charge is 0.433 e. The lowest BCUT2D eigenvalue weighted by Gasteiger charge is -2.31. The number of amides is 1. The first kappa shape index (κ1) is 21.0. The number of ether oxygens (including phenoxy) is 1. The molecule has 0 aliphatic carbocycles. The highest BCUT2D eigenvalue weighted by Crippen LogP contribution is 2.29. The number of aromatic nitrogens is 1. The van der Waals surface area contributed by atoms with Gasteiger partial charge in [-0.25, -0.2) is 4.39 Å². The summed E-state index contributed by atoms with van der Waals surface area (Å²) in [6, 6.07) is 8.26. The van der Waals surface area contributed by atoms with Crippen LogP contribution >= 0.6 is 0 Å². The van der Waals surface area contributed by atoms with Gasteiger partial charge in [0.05, 0.1) is 18.8 Å². The Balaban J connectivity index is 1.41. The summed E-state index contributed by atoms with van der Waals surface area (Å²) in [5.41, 5.74) is -0.831. The molecule has 1 aromatic heterocycles. The molecule has 1 N–H and O–H groups in total. The second kappa shape index (κ2) is 9.21. The van der Waals surface area contributed by atoms with Gasteiger partial charge in [-0.1, -0.05) is 12.1 Å². The van der Waals surface area contributed by atoms with Crippen molar-refractivity contribution in [2.24, 2.45) is 5.92 Å². The van der Waals surface area contributed by atoms with Crippen LogP contribution in [-0.2, 0) is 11.0 Å². The molecule has 9 heteroatoms. The molecule has 0 saturated carbocycles. The zero-order valence-corrected chi connectivity index (χ0v) is 15.6. The molecule has 0 atom stereocenters. The van der Waals surface area contributed by atoms with Crippen LogP contribution in [0.25, 0.3) is 0 Å². The van der Waals surface area contributed by atoms with Crippen LogP contribution in [-0.4, -0.2) is 42.0 Å². The number of nitrogens with one attached hydrogen (secondary N) is 1. The van der Waals surface area contributed by atoms with Crippen LogP contribution in [0.15, 0.2) is 42.6 Å². The number of carbonyl (C=O) groups excluding carboxylic acids is 1. The van der Waals surface area contributed by atoms with Crippen molar-refractivity contribution >= 4 is 11.6 Å². The maximum absolute atomic E-state index is 13.6. The highest BCUT2D eigenvalue weighted by atomic mass is 19.4. The van der Waals surface area contributed by atoms with E-state index in [0.717, 1.165) is 25.1 Å². The Hall–Kier alpha value is -2.68. The Bertz CT molecular complexity index is 836. The molecular formula is C20H21F4N3O2. The first-order chi connectivity index (χ1) is 13.8. The minimum absolute atomic E-state index is 0.138. The average molecular weight is 411 g/mol. The molecule has 2 aromatic rings. The van der Waals surface area contributed by atoms with E-state index in [4.69, 9.17) is 4.74 Å². The predicted octanol–water partition coefficient (Wildman–Crippen LogP) is 3.97. The highest BCUT2D eigenvalue weighted by Gasteiger charge is 2.32. The summed E-state index contributed by atoms with van der Waals surface area (Å²) < 4.78 is 57.2. The molecule has 5 nitrogen and oxygen atoms in total. The van der Waals surface area contributed by atoms with Crippen LogP contribution in [0.5, 0.6) is 5.75 Å². The number of benzene rings is 1. The number of alkyl halides is 3. The molecule has 156 valence electrons. The SMILES string of the molecule is O=C(CN1CCC(COc2ccnc(C(F)(F)F)c2)CC1)Nc1ccccc1F. The molecule has 1 fully saturated rings. The van der Waals surface area contributed by atoms with Crippen molar-refractivity contribution in [1.29, 1.82) is 0 Å². The molecular weight excluding hydrogens is 390 g/mol. The Morgan fingerprint density at radius 3 is 2.62 bits per heavy atom. The molecule has 0 spiro atoms. The highest BCUT2D eigenvalue weighted by molar-refractivity contribution is 5.92. The van der Waals surface area contributed by atoms with Crippen molar-refractivity contribution < 1.29 is 27.1 Å². The summed E-state index contributed by atoms with van der Waals surface area (Å²) in [4.78, 5) is 17.4. The van der Waals surface area contributed by atoms with Crippen molar-refractivity contribution in [3.63, 3.8) is 0 Å². The van der Waals surface area contributed by atoms with E-state index in [2.05, 4.69) is 10.3 Å². The number of carbonyl (C=O) groups is 1. The molecule has 3 rings (SSSR count). The van der Waals surface area contributed by atoms with Gasteiger partial charge in [-0.3, -0.25) is 14.7 Å². The third kappa shape index (κ3) is 6.15. The molecule has 1 aromatic carbocycles. The average Bonchev–Trinajstić information content (AvgIpc) is 2.69. The van der Waals surface area contributed by atoms with Gasteiger partial charge in [-0.2, -0.15) is 13.2 Å². The van der Waals surface area contributed by atoms with E-state index < -0.39 is 17.7 Å². The molecule has 0 radical (unpaired) electrons. The summed E-state index contributed by atoms with van der Waals surface area (Å²) in [7, 11) is 0. The third-order valence-corrected chi connectivity index (χ3v) is 4.73. The molecule has 2 heterocycles. The number of piperidine rings is 1. The summed E-state index contributed by atoms with van der Waals surface area (Å²) in [5, 5.41) is 2.55. The topological polar surface area (TPSA) is 54.5 Å². The van der Waals surface area contributed by atoms with Gasteiger partial charge in [-0.05, 0) is 50.0 Å². The van der Waals surface area contributed by atoms with Crippen molar-refractivity contribution in [2.45, 2.75) is 19.0 Å². The molecule has 29 heavy (non-hydrogen) atoms. The van der Waals surface area contributed by atoms with Crippen LogP contribution < -0.4 is 10.1 Å². The number of para-hydroxylation sites is 1. The molecule has 1 amide bonds. The largest absolute Gasteiger partial charge is 0.493 e. The predicted molar refractivity (Wildman–Crippen MR) is 98.9 cm³/mol. The number of nitrogens with zero attached hydrogens (tertiary/aromatic N) is 2. The van der Waals surface area contributed by atoms with Gasteiger partial charge in [0, 0.05) is 12.3 Å². The van der Waals surface area contributed by atoms with E-state index in [9.17, 15) is 22.4 Å². The lowest BCUT2D eigenvalue weighted by molar-refractivity contribution is -0.141. The molecule has 0 unspecified atom stereocenters. The van der Waals surface area contributed by atoms with Crippen LogP contribution in [0.2, 0.25) is 0 Å².